The number of likely N-dealkylation sites (N-methyl/N-ethyl adjacent to an activating group) is 1. The van der Waals surface area contributed by atoms with E-state index in [2.05, 4.69) is 0 Å². The van der Waals surface area contributed by atoms with Crippen LogP contribution < -0.4 is 9.47 Å². The molecule has 0 aliphatic rings. The Labute approximate surface area is 198 Å². The quantitative estimate of drug-likeness (QED) is 0.345. The first-order valence-electron chi connectivity index (χ1n) is 10.6. The summed E-state index contributed by atoms with van der Waals surface area (Å²) in [5.74, 6) is 1.29. The van der Waals surface area contributed by atoms with E-state index >= 15 is 0 Å². The smallest absolute Gasteiger partial charge is 0.254 e. The van der Waals surface area contributed by atoms with Crippen LogP contribution in [-0.2, 0) is 6.42 Å². The number of halogens is 1. The minimum atomic E-state index is -0.0672. The van der Waals surface area contributed by atoms with Gasteiger partial charge in [0.1, 0.15) is 0 Å². The van der Waals surface area contributed by atoms with Crippen LogP contribution in [-0.4, -0.2) is 43.6 Å². The molecule has 0 saturated heterocycles. The second kappa shape index (κ2) is 9.92. The van der Waals surface area contributed by atoms with Crippen molar-refractivity contribution in [2.24, 2.45) is 0 Å². The first-order valence-corrected chi connectivity index (χ1v) is 11.0. The highest BCUT2D eigenvalue weighted by molar-refractivity contribution is 6.33. The second-order valence-electron chi connectivity index (χ2n) is 7.72. The zero-order valence-electron chi connectivity index (χ0n) is 18.8. The van der Waals surface area contributed by atoms with Gasteiger partial charge in [-0.1, -0.05) is 54.1 Å². The van der Waals surface area contributed by atoms with Gasteiger partial charge in [0.15, 0.2) is 11.5 Å². The zero-order chi connectivity index (χ0) is 23.4. The van der Waals surface area contributed by atoms with Crippen LogP contribution in [0.15, 0.2) is 72.8 Å². The molecule has 0 aliphatic heterocycles. The lowest BCUT2D eigenvalue weighted by molar-refractivity contribution is 0.0798. The number of carbonyl (C=O) groups is 1. The average molecular weight is 461 g/mol. The second-order valence-corrected chi connectivity index (χ2v) is 8.13. The van der Waals surface area contributed by atoms with E-state index < -0.39 is 0 Å². The Kier molecular flexibility index (Phi) is 6.80. The van der Waals surface area contributed by atoms with Crippen LogP contribution in [0.25, 0.3) is 22.2 Å². The lowest BCUT2D eigenvalue weighted by atomic mass is 10.0. The van der Waals surface area contributed by atoms with Crippen LogP contribution in [0.5, 0.6) is 11.5 Å². The summed E-state index contributed by atoms with van der Waals surface area (Å²) in [6, 6.07) is 22.8. The zero-order valence-corrected chi connectivity index (χ0v) is 19.6. The summed E-state index contributed by atoms with van der Waals surface area (Å²) >= 11 is 6.41. The van der Waals surface area contributed by atoms with Gasteiger partial charge < -0.3 is 14.4 Å². The summed E-state index contributed by atoms with van der Waals surface area (Å²) in [6.45, 7) is 0.548. The predicted octanol–water partition coefficient (Wildman–Crippen LogP) is 5.89. The van der Waals surface area contributed by atoms with Crippen LogP contribution in [0.1, 0.15) is 15.9 Å². The molecule has 168 valence electrons. The number of carbonyl (C=O) groups excluding carboxylic acids is 1. The lowest BCUT2D eigenvalue weighted by Gasteiger charge is -2.19. The number of nitrogens with zero attached hydrogens (tertiary/aromatic N) is 2. The first kappa shape index (κ1) is 22.6. The lowest BCUT2D eigenvalue weighted by Crippen LogP contribution is -2.29. The van der Waals surface area contributed by atoms with E-state index in [9.17, 15) is 4.79 Å². The molecule has 33 heavy (non-hydrogen) atoms. The van der Waals surface area contributed by atoms with Crippen LogP contribution in [0.3, 0.4) is 0 Å². The van der Waals surface area contributed by atoms with Crippen molar-refractivity contribution in [1.82, 2.24) is 9.88 Å². The maximum absolute atomic E-state index is 13.5. The minimum absolute atomic E-state index is 0.0672. The Balaban J connectivity index is 1.63. The molecule has 0 unspecified atom stereocenters. The van der Waals surface area contributed by atoms with Gasteiger partial charge in [0.05, 0.1) is 31.0 Å². The Morgan fingerprint density at radius 1 is 0.939 bits per heavy atom. The first-order chi connectivity index (χ1) is 16.0. The van der Waals surface area contributed by atoms with E-state index in [-0.39, 0.29) is 5.91 Å². The fourth-order valence-corrected chi connectivity index (χ4v) is 4.03. The van der Waals surface area contributed by atoms with E-state index in [4.69, 9.17) is 26.1 Å². The summed E-state index contributed by atoms with van der Waals surface area (Å²) in [7, 11) is 5.04. The molecule has 1 aromatic heterocycles. The molecule has 6 heteroatoms. The summed E-state index contributed by atoms with van der Waals surface area (Å²) in [6.07, 6.45) is 0.684. The molecule has 0 N–H and O–H groups in total. The minimum Gasteiger partial charge on any atom is -0.493 e. The monoisotopic (exact) mass is 460 g/mol. The molecule has 0 saturated carbocycles. The number of hydrogen-bond donors (Lipinski definition) is 0. The third-order valence-electron chi connectivity index (χ3n) is 5.63. The number of rotatable bonds is 7. The van der Waals surface area contributed by atoms with Crippen molar-refractivity contribution < 1.29 is 14.3 Å². The fraction of sp³-hybridized carbons (Fsp3) is 0.185. The number of aromatic nitrogens is 1. The van der Waals surface area contributed by atoms with Crippen molar-refractivity contribution >= 4 is 28.4 Å². The largest absolute Gasteiger partial charge is 0.493 e. The Bertz CT molecular complexity index is 1310. The molecule has 3 aromatic carbocycles. The Hall–Kier alpha value is -3.57. The molecule has 0 radical (unpaired) electrons. The molecule has 4 aromatic rings. The van der Waals surface area contributed by atoms with Crippen molar-refractivity contribution in [2.45, 2.75) is 6.42 Å². The van der Waals surface area contributed by atoms with E-state index in [0.717, 1.165) is 22.0 Å². The number of methoxy groups -OCH3 is 2. The van der Waals surface area contributed by atoms with Crippen LogP contribution in [0.4, 0.5) is 0 Å². The molecule has 0 atom stereocenters. The fourth-order valence-electron chi connectivity index (χ4n) is 3.80. The molecule has 1 amide bonds. The summed E-state index contributed by atoms with van der Waals surface area (Å²) in [5, 5.41) is 1.41. The SMILES string of the molecule is COc1ccc(CCN(C)C(=O)c2cc(-c3ccccc3Cl)nc3ccccc23)cc1OC. The van der Waals surface area contributed by atoms with Crippen molar-refractivity contribution in [2.75, 3.05) is 27.8 Å². The molecule has 0 fully saturated rings. The number of fused-ring (bicyclic) bond motifs is 1. The predicted molar refractivity (Wildman–Crippen MR) is 132 cm³/mol. The van der Waals surface area contributed by atoms with Gasteiger partial charge in [-0.2, -0.15) is 0 Å². The number of amides is 1. The Morgan fingerprint density at radius 2 is 1.67 bits per heavy atom. The summed E-state index contributed by atoms with van der Waals surface area (Å²) in [4.78, 5) is 20.0. The van der Waals surface area contributed by atoms with Crippen molar-refractivity contribution in [3.8, 4) is 22.8 Å². The third-order valence-corrected chi connectivity index (χ3v) is 5.96. The van der Waals surface area contributed by atoms with Gasteiger partial charge in [0.25, 0.3) is 5.91 Å². The molecule has 0 bridgehead atoms. The van der Waals surface area contributed by atoms with Gasteiger partial charge in [-0.25, -0.2) is 4.98 Å². The van der Waals surface area contributed by atoms with Crippen LogP contribution >= 0.6 is 11.6 Å². The molecule has 1 heterocycles. The van der Waals surface area contributed by atoms with Gasteiger partial charge in [-0.05, 0) is 42.3 Å². The maximum Gasteiger partial charge on any atom is 0.254 e. The van der Waals surface area contributed by atoms with E-state index in [1.54, 1.807) is 19.1 Å². The van der Waals surface area contributed by atoms with Crippen molar-refractivity contribution in [3.05, 3.63) is 88.9 Å². The van der Waals surface area contributed by atoms with Gasteiger partial charge in [-0.15, -0.1) is 0 Å². The highest BCUT2D eigenvalue weighted by Crippen LogP contribution is 2.31. The normalized spacial score (nSPS) is 10.8. The molecule has 4 rings (SSSR count). The molecular weight excluding hydrogens is 436 g/mol. The van der Waals surface area contributed by atoms with Crippen molar-refractivity contribution in [1.29, 1.82) is 0 Å². The number of para-hydroxylation sites is 1. The highest BCUT2D eigenvalue weighted by atomic mass is 35.5. The van der Waals surface area contributed by atoms with E-state index in [0.29, 0.717) is 40.7 Å². The number of hydrogen-bond acceptors (Lipinski definition) is 4. The van der Waals surface area contributed by atoms with Gasteiger partial charge >= 0.3 is 0 Å². The standard InChI is InChI=1S/C27H25ClN2O3/c1-30(15-14-18-12-13-25(32-2)26(16-18)33-3)27(31)21-17-24(20-9-4-6-10-22(20)28)29-23-11-7-5-8-19(21)23/h4-13,16-17H,14-15H2,1-3H3. The van der Waals surface area contributed by atoms with Gasteiger partial charge in [0, 0.05) is 29.6 Å². The van der Waals surface area contributed by atoms with Crippen molar-refractivity contribution in [3.63, 3.8) is 0 Å². The van der Waals surface area contributed by atoms with Crippen LogP contribution in [0, 0.1) is 0 Å². The van der Waals surface area contributed by atoms with Crippen LogP contribution in [0.2, 0.25) is 5.02 Å². The molecule has 5 nitrogen and oxygen atoms in total. The van der Waals surface area contributed by atoms with Gasteiger partial charge in [0.2, 0.25) is 0 Å². The average Bonchev–Trinajstić information content (AvgIpc) is 2.86. The number of ether oxygens (including phenoxy) is 2. The third kappa shape index (κ3) is 4.78. The maximum atomic E-state index is 13.5. The molecular formula is C27H25ClN2O3. The van der Waals surface area contributed by atoms with E-state index in [1.807, 2.05) is 79.8 Å². The molecule has 0 spiro atoms. The number of pyridine rings is 1. The topological polar surface area (TPSA) is 51.7 Å². The summed E-state index contributed by atoms with van der Waals surface area (Å²) < 4.78 is 10.7. The Morgan fingerprint density at radius 3 is 2.42 bits per heavy atom. The van der Waals surface area contributed by atoms with E-state index in [1.165, 1.54) is 0 Å². The molecule has 0 aliphatic carbocycles. The summed E-state index contributed by atoms with van der Waals surface area (Å²) in [5.41, 5.74) is 3.89. The van der Waals surface area contributed by atoms with Gasteiger partial charge in [-0.3, -0.25) is 4.79 Å². The number of benzene rings is 3. The highest BCUT2D eigenvalue weighted by Gasteiger charge is 2.18.